The minimum atomic E-state index is -3.43. The highest BCUT2D eigenvalue weighted by Gasteiger charge is 2.29. The second kappa shape index (κ2) is 7.51. The van der Waals surface area contributed by atoms with Gasteiger partial charge in [0.2, 0.25) is 0 Å². The zero-order chi connectivity index (χ0) is 19.0. The third kappa shape index (κ3) is 3.77. The molecule has 27 heavy (non-hydrogen) atoms. The molecular formula is C17H18BrN3O4S2. The first-order valence-corrected chi connectivity index (χ1v) is 11.6. The number of nitrogens with zero attached hydrogens (tertiary/aromatic N) is 3. The van der Waals surface area contributed by atoms with Crippen LogP contribution in [0, 0.1) is 0 Å². The van der Waals surface area contributed by atoms with Gasteiger partial charge in [-0.15, -0.1) is 11.3 Å². The minimum absolute atomic E-state index is 0.360. The summed E-state index contributed by atoms with van der Waals surface area (Å²) in [6.07, 6.45) is 0. The number of hydrogen-bond acceptors (Lipinski definition) is 6. The molecule has 10 heteroatoms. The van der Waals surface area contributed by atoms with Crippen LogP contribution >= 0.6 is 27.3 Å². The van der Waals surface area contributed by atoms with Crippen LogP contribution in [-0.4, -0.2) is 54.9 Å². The van der Waals surface area contributed by atoms with E-state index in [9.17, 15) is 13.2 Å². The molecule has 0 N–H and O–H groups in total. The van der Waals surface area contributed by atoms with E-state index < -0.39 is 10.0 Å². The van der Waals surface area contributed by atoms with Crippen LogP contribution in [0.3, 0.4) is 0 Å². The zero-order valence-electron chi connectivity index (χ0n) is 14.4. The maximum absolute atomic E-state index is 12.7. The molecule has 1 fully saturated rings. The summed E-state index contributed by atoms with van der Waals surface area (Å²) in [5.74, 6) is -0.360. The Morgan fingerprint density at radius 1 is 1.04 bits per heavy atom. The standard InChI is InChI=1S/C17H18BrN3O4S2/c18-15-5-6-16(26-15)27(23,24)20-10-7-19(8-11-20)9-12-21-13-3-1-2-4-14(13)25-17(21)22/h1-6H,7-12H2. The van der Waals surface area contributed by atoms with Crippen LogP contribution in [-0.2, 0) is 16.6 Å². The summed E-state index contributed by atoms with van der Waals surface area (Å²) in [6, 6.07) is 10.7. The molecule has 2 aromatic heterocycles. The number of hydrogen-bond donors (Lipinski definition) is 0. The SMILES string of the molecule is O=c1oc2ccccc2n1CCN1CCN(S(=O)(=O)c2ccc(Br)s2)CC1. The molecule has 0 aliphatic carbocycles. The lowest BCUT2D eigenvalue weighted by atomic mass is 10.3. The average molecular weight is 472 g/mol. The van der Waals surface area contributed by atoms with Crippen LogP contribution in [0.15, 0.2) is 53.6 Å². The van der Waals surface area contributed by atoms with Crippen molar-refractivity contribution in [2.24, 2.45) is 0 Å². The Hall–Kier alpha value is -1.46. The van der Waals surface area contributed by atoms with E-state index in [1.54, 1.807) is 22.8 Å². The smallest absolute Gasteiger partial charge is 0.408 e. The molecule has 0 unspecified atom stereocenters. The Labute approximate surface area is 169 Å². The van der Waals surface area contributed by atoms with Gasteiger partial charge in [-0.05, 0) is 40.2 Å². The highest BCUT2D eigenvalue weighted by molar-refractivity contribution is 9.11. The van der Waals surface area contributed by atoms with Crippen LogP contribution in [0.4, 0.5) is 0 Å². The first kappa shape index (κ1) is 18.9. The zero-order valence-corrected chi connectivity index (χ0v) is 17.6. The van der Waals surface area contributed by atoms with Crippen molar-refractivity contribution in [3.05, 3.63) is 50.7 Å². The Bertz CT molecular complexity index is 1110. The van der Waals surface area contributed by atoms with Crippen molar-refractivity contribution >= 4 is 48.4 Å². The number of fused-ring (bicyclic) bond motifs is 1. The van der Waals surface area contributed by atoms with E-state index in [1.165, 1.54) is 15.6 Å². The van der Waals surface area contributed by atoms with Gasteiger partial charge in [0.1, 0.15) is 4.21 Å². The molecule has 0 saturated carbocycles. The second-order valence-corrected chi connectivity index (χ2v) is 10.9. The van der Waals surface area contributed by atoms with E-state index in [4.69, 9.17) is 4.42 Å². The highest BCUT2D eigenvalue weighted by Crippen LogP contribution is 2.28. The molecule has 0 radical (unpaired) electrons. The molecule has 1 saturated heterocycles. The van der Waals surface area contributed by atoms with Gasteiger partial charge in [-0.3, -0.25) is 9.47 Å². The second-order valence-electron chi connectivity index (χ2n) is 6.29. The quantitative estimate of drug-likeness (QED) is 0.570. The number of para-hydroxylation sites is 2. The van der Waals surface area contributed by atoms with Crippen molar-refractivity contribution in [1.29, 1.82) is 0 Å². The summed E-state index contributed by atoms with van der Waals surface area (Å²) in [6.45, 7) is 3.34. The van der Waals surface area contributed by atoms with E-state index in [0.717, 1.165) is 9.30 Å². The van der Waals surface area contributed by atoms with Gasteiger partial charge in [-0.1, -0.05) is 12.1 Å². The molecule has 3 aromatic rings. The number of oxazole rings is 1. The van der Waals surface area contributed by atoms with Crippen LogP contribution in [0.1, 0.15) is 0 Å². The Balaban J connectivity index is 1.38. The predicted molar refractivity (Wildman–Crippen MR) is 108 cm³/mol. The summed E-state index contributed by atoms with van der Waals surface area (Å²) < 4.78 is 34.9. The van der Waals surface area contributed by atoms with Gasteiger partial charge in [0.05, 0.1) is 9.30 Å². The lowest BCUT2D eigenvalue weighted by Gasteiger charge is -2.33. The van der Waals surface area contributed by atoms with Crippen LogP contribution in [0.2, 0.25) is 0 Å². The lowest BCUT2D eigenvalue weighted by Crippen LogP contribution is -2.49. The van der Waals surface area contributed by atoms with Crippen molar-refractivity contribution in [2.45, 2.75) is 10.8 Å². The first-order chi connectivity index (χ1) is 12.9. The molecule has 0 amide bonds. The topological polar surface area (TPSA) is 75.8 Å². The number of aromatic nitrogens is 1. The highest BCUT2D eigenvalue weighted by atomic mass is 79.9. The molecule has 0 spiro atoms. The van der Waals surface area contributed by atoms with E-state index in [1.807, 2.05) is 18.2 Å². The third-order valence-electron chi connectivity index (χ3n) is 4.69. The minimum Gasteiger partial charge on any atom is -0.408 e. The lowest BCUT2D eigenvalue weighted by molar-refractivity contribution is 0.182. The van der Waals surface area contributed by atoms with E-state index in [-0.39, 0.29) is 5.76 Å². The van der Waals surface area contributed by atoms with E-state index >= 15 is 0 Å². The molecule has 1 aromatic carbocycles. The molecule has 0 atom stereocenters. The maximum Gasteiger partial charge on any atom is 0.419 e. The molecule has 1 aliphatic heterocycles. The maximum atomic E-state index is 12.7. The largest absolute Gasteiger partial charge is 0.419 e. The Morgan fingerprint density at radius 2 is 1.78 bits per heavy atom. The average Bonchev–Trinajstić information content (AvgIpc) is 3.23. The number of halogens is 1. The van der Waals surface area contributed by atoms with Gasteiger partial charge in [0, 0.05) is 39.3 Å². The normalized spacial score (nSPS) is 16.9. The number of sulfonamides is 1. The molecule has 144 valence electrons. The molecule has 4 rings (SSSR count). The van der Waals surface area contributed by atoms with E-state index in [0.29, 0.717) is 49.1 Å². The van der Waals surface area contributed by atoms with Crippen LogP contribution < -0.4 is 5.76 Å². The van der Waals surface area contributed by atoms with Crippen molar-refractivity contribution < 1.29 is 12.8 Å². The number of benzene rings is 1. The van der Waals surface area contributed by atoms with Crippen molar-refractivity contribution in [2.75, 3.05) is 32.7 Å². The number of thiophene rings is 1. The van der Waals surface area contributed by atoms with Gasteiger partial charge in [0.15, 0.2) is 5.58 Å². The summed E-state index contributed by atoms with van der Waals surface area (Å²) in [7, 11) is -3.43. The van der Waals surface area contributed by atoms with Gasteiger partial charge in [-0.25, -0.2) is 13.2 Å². The fourth-order valence-electron chi connectivity index (χ4n) is 3.22. The molecular weight excluding hydrogens is 454 g/mol. The Morgan fingerprint density at radius 3 is 2.48 bits per heavy atom. The van der Waals surface area contributed by atoms with E-state index in [2.05, 4.69) is 20.8 Å². The first-order valence-electron chi connectivity index (χ1n) is 8.51. The summed E-state index contributed by atoms with van der Waals surface area (Å²) in [5, 5.41) is 0. The molecule has 0 bridgehead atoms. The van der Waals surface area contributed by atoms with Crippen LogP contribution in [0.5, 0.6) is 0 Å². The van der Waals surface area contributed by atoms with Gasteiger partial charge < -0.3 is 4.42 Å². The summed E-state index contributed by atoms with van der Waals surface area (Å²) >= 11 is 4.54. The van der Waals surface area contributed by atoms with Crippen molar-refractivity contribution in [3.63, 3.8) is 0 Å². The number of piperazine rings is 1. The predicted octanol–water partition coefficient (Wildman–Crippen LogP) is 2.43. The van der Waals surface area contributed by atoms with Crippen molar-refractivity contribution in [3.8, 4) is 0 Å². The fourth-order valence-corrected chi connectivity index (χ4v) is 6.81. The fraction of sp³-hybridized carbons (Fsp3) is 0.353. The summed E-state index contributed by atoms with van der Waals surface area (Å²) in [4.78, 5) is 14.2. The van der Waals surface area contributed by atoms with Crippen molar-refractivity contribution in [1.82, 2.24) is 13.8 Å². The molecule has 7 nitrogen and oxygen atoms in total. The number of rotatable bonds is 5. The van der Waals surface area contributed by atoms with Gasteiger partial charge in [0.25, 0.3) is 10.0 Å². The van der Waals surface area contributed by atoms with Gasteiger partial charge >= 0.3 is 5.76 Å². The van der Waals surface area contributed by atoms with Crippen LogP contribution in [0.25, 0.3) is 11.1 Å². The van der Waals surface area contributed by atoms with Gasteiger partial charge in [-0.2, -0.15) is 4.31 Å². The molecule has 3 heterocycles. The summed E-state index contributed by atoms with van der Waals surface area (Å²) in [5.41, 5.74) is 1.37. The molecule has 1 aliphatic rings. The Kier molecular flexibility index (Phi) is 5.26. The third-order valence-corrected chi connectivity index (χ3v) is 8.68. The monoisotopic (exact) mass is 471 g/mol.